The normalized spacial score (nSPS) is 24.4. The Morgan fingerprint density at radius 1 is 1.50 bits per heavy atom. The van der Waals surface area contributed by atoms with Crippen molar-refractivity contribution >= 4 is 5.91 Å². The van der Waals surface area contributed by atoms with Crippen molar-refractivity contribution in [2.75, 3.05) is 13.1 Å². The van der Waals surface area contributed by atoms with E-state index in [0.29, 0.717) is 18.5 Å². The predicted octanol–water partition coefficient (Wildman–Crippen LogP) is 1.23. The maximum absolute atomic E-state index is 11.9. The summed E-state index contributed by atoms with van der Waals surface area (Å²) >= 11 is 0. The van der Waals surface area contributed by atoms with E-state index in [1.165, 1.54) is 0 Å². The van der Waals surface area contributed by atoms with E-state index in [1.54, 1.807) is 0 Å². The Kier molecular flexibility index (Phi) is 3.93. The third-order valence-corrected chi connectivity index (χ3v) is 3.13. The van der Waals surface area contributed by atoms with Crippen LogP contribution < -0.4 is 5.73 Å². The summed E-state index contributed by atoms with van der Waals surface area (Å²) in [5.74, 6) is 0.782. The van der Waals surface area contributed by atoms with Gasteiger partial charge in [-0.25, -0.2) is 0 Å². The maximum Gasteiger partial charge on any atom is 0.226 e. The molecular weight excluding hydrogens is 176 g/mol. The van der Waals surface area contributed by atoms with Crippen molar-refractivity contribution in [2.24, 2.45) is 17.6 Å². The molecule has 0 saturated carbocycles. The summed E-state index contributed by atoms with van der Waals surface area (Å²) in [5, 5.41) is 0. The van der Waals surface area contributed by atoms with Gasteiger partial charge in [0.2, 0.25) is 5.91 Å². The summed E-state index contributed by atoms with van der Waals surface area (Å²) in [6.45, 7) is 7.66. The first kappa shape index (κ1) is 11.5. The Balaban J connectivity index is 2.62. The molecule has 1 amide bonds. The van der Waals surface area contributed by atoms with Gasteiger partial charge in [-0.1, -0.05) is 20.8 Å². The molecule has 0 aromatic rings. The van der Waals surface area contributed by atoms with Crippen LogP contribution in [-0.2, 0) is 4.79 Å². The van der Waals surface area contributed by atoms with Crippen molar-refractivity contribution in [3.63, 3.8) is 0 Å². The Bertz CT molecular complexity index is 203. The molecule has 1 aliphatic rings. The van der Waals surface area contributed by atoms with Crippen LogP contribution in [0.3, 0.4) is 0 Å². The summed E-state index contributed by atoms with van der Waals surface area (Å²) in [7, 11) is 0. The zero-order valence-corrected chi connectivity index (χ0v) is 9.49. The maximum atomic E-state index is 11.9. The van der Waals surface area contributed by atoms with Crippen molar-refractivity contribution in [3.8, 4) is 0 Å². The lowest BCUT2D eigenvalue weighted by Gasteiger charge is -2.29. The number of carbonyl (C=O) groups is 1. The van der Waals surface area contributed by atoms with E-state index in [2.05, 4.69) is 13.8 Å². The van der Waals surface area contributed by atoms with Crippen LogP contribution in [-0.4, -0.2) is 29.9 Å². The Morgan fingerprint density at radius 2 is 2.14 bits per heavy atom. The number of hydrogen-bond donors (Lipinski definition) is 1. The molecule has 0 aromatic carbocycles. The summed E-state index contributed by atoms with van der Waals surface area (Å²) in [4.78, 5) is 14.0. The molecule has 1 rings (SSSR count). The summed E-state index contributed by atoms with van der Waals surface area (Å²) in [5.41, 5.74) is 5.51. The van der Waals surface area contributed by atoms with E-state index in [4.69, 9.17) is 5.73 Å². The van der Waals surface area contributed by atoms with Gasteiger partial charge in [0.25, 0.3) is 0 Å². The smallest absolute Gasteiger partial charge is 0.226 e. The van der Waals surface area contributed by atoms with Gasteiger partial charge in [0.1, 0.15) is 0 Å². The van der Waals surface area contributed by atoms with E-state index in [0.717, 1.165) is 19.4 Å². The van der Waals surface area contributed by atoms with Crippen molar-refractivity contribution < 1.29 is 4.79 Å². The fourth-order valence-corrected chi connectivity index (χ4v) is 2.14. The van der Waals surface area contributed by atoms with Crippen LogP contribution in [0.1, 0.15) is 33.6 Å². The lowest BCUT2D eigenvalue weighted by molar-refractivity contribution is -0.136. The molecule has 0 bridgehead atoms. The van der Waals surface area contributed by atoms with Crippen LogP contribution in [0.4, 0.5) is 0 Å². The number of amides is 1. The van der Waals surface area contributed by atoms with Crippen LogP contribution in [0.15, 0.2) is 0 Å². The predicted molar refractivity (Wildman–Crippen MR) is 57.8 cm³/mol. The van der Waals surface area contributed by atoms with Gasteiger partial charge in [0.05, 0.1) is 0 Å². The highest BCUT2D eigenvalue weighted by Crippen LogP contribution is 2.25. The molecule has 1 saturated heterocycles. The van der Waals surface area contributed by atoms with E-state index >= 15 is 0 Å². The molecule has 0 radical (unpaired) electrons. The van der Waals surface area contributed by atoms with Crippen LogP contribution in [0.2, 0.25) is 0 Å². The van der Waals surface area contributed by atoms with Gasteiger partial charge in [0, 0.05) is 25.0 Å². The van der Waals surface area contributed by atoms with E-state index < -0.39 is 0 Å². The van der Waals surface area contributed by atoms with Crippen molar-refractivity contribution in [1.82, 2.24) is 4.90 Å². The lowest BCUT2D eigenvalue weighted by Crippen LogP contribution is -2.43. The highest BCUT2D eigenvalue weighted by Gasteiger charge is 2.32. The average Bonchev–Trinajstić information content (AvgIpc) is 2.63. The van der Waals surface area contributed by atoms with E-state index in [1.807, 2.05) is 11.8 Å². The lowest BCUT2D eigenvalue weighted by atomic mass is 10.0. The van der Waals surface area contributed by atoms with Gasteiger partial charge >= 0.3 is 0 Å². The number of hydrogen-bond acceptors (Lipinski definition) is 2. The quantitative estimate of drug-likeness (QED) is 0.741. The minimum atomic E-state index is -0.0191. The fraction of sp³-hybridized carbons (Fsp3) is 0.909. The summed E-state index contributed by atoms with van der Waals surface area (Å²) in [6.07, 6.45) is 2.30. The van der Waals surface area contributed by atoms with Crippen molar-refractivity contribution in [2.45, 2.75) is 39.7 Å². The standard InChI is InChI=1S/C11H22N2O/c1-8(2)10-5-4-6-13(10)11(14)9(3)7-12/h8-10H,4-7,12H2,1-3H3. The van der Waals surface area contributed by atoms with Gasteiger partial charge in [-0.3, -0.25) is 4.79 Å². The van der Waals surface area contributed by atoms with E-state index in [-0.39, 0.29) is 11.8 Å². The fourth-order valence-electron chi connectivity index (χ4n) is 2.14. The highest BCUT2D eigenvalue weighted by molar-refractivity contribution is 5.79. The number of nitrogens with zero attached hydrogens (tertiary/aromatic N) is 1. The van der Waals surface area contributed by atoms with Gasteiger partial charge in [-0.15, -0.1) is 0 Å². The monoisotopic (exact) mass is 198 g/mol. The molecule has 2 atom stereocenters. The van der Waals surface area contributed by atoms with Crippen LogP contribution in [0, 0.1) is 11.8 Å². The molecule has 1 heterocycles. The molecule has 3 heteroatoms. The molecule has 0 spiro atoms. The molecule has 3 nitrogen and oxygen atoms in total. The second kappa shape index (κ2) is 4.78. The minimum Gasteiger partial charge on any atom is -0.339 e. The van der Waals surface area contributed by atoms with Gasteiger partial charge in [0.15, 0.2) is 0 Å². The van der Waals surface area contributed by atoms with Crippen molar-refractivity contribution in [1.29, 1.82) is 0 Å². The van der Waals surface area contributed by atoms with Crippen molar-refractivity contribution in [3.05, 3.63) is 0 Å². The topological polar surface area (TPSA) is 46.3 Å². The minimum absolute atomic E-state index is 0.0191. The molecule has 14 heavy (non-hydrogen) atoms. The zero-order valence-electron chi connectivity index (χ0n) is 9.49. The number of nitrogens with two attached hydrogens (primary N) is 1. The van der Waals surface area contributed by atoms with Crippen LogP contribution in [0.25, 0.3) is 0 Å². The molecule has 0 aromatic heterocycles. The largest absolute Gasteiger partial charge is 0.339 e. The van der Waals surface area contributed by atoms with Crippen LogP contribution in [0.5, 0.6) is 0 Å². The molecule has 0 aliphatic carbocycles. The average molecular weight is 198 g/mol. The summed E-state index contributed by atoms with van der Waals surface area (Å²) in [6, 6.07) is 0.441. The molecule has 2 N–H and O–H groups in total. The molecule has 2 unspecified atom stereocenters. The molecule has 1 fully saturated rings. The number of likely N-dealkylation sites (tertiary alicyclic amines) is 1. The Labute approximate surface area is 86.6 Å². The third kappa shape index (κ3) is 2.27. The van der Waals surface area contributed by atoms with E-state index in [9.17, 15) is 4.79 Å². The molecule has 82 valence electrons. The Morgan fingerprint density at radius 3 is 2.64 bits per heavy atom. The van der Waals surface area contributed by atoms with Crippen LogP contribution >= 0.6 is 0 Å². The number of carbonyl (C=O) groups excluding carboxylic acids is 1. The first-order valence-corrected chi connectivity index (χ1v) is 5.58. The number of rotatable bonds is 3. The second-order valence-electron chi connectivity index (χ2n) is 4.62. The van der Waals surface area contributed by atoms with Gasteiger partial charge in [-0.05, 0) is 18.8 Å². The van der Waals surface area contributed by atoms with Gasteiger partial charge in [-0.2, -0.15) is 0 Å². The third-order valence-electron chi connectivity index (χ3n) is 3.13. The summed E-state index contributed by atoms with van der Waals surface area (Å²) < 4.78 is 0. The zero-order chi connectivity index (χ0) is 10.7. The highest BCUT2D eigenvalue weighted by atomic mass is 16.2. The SMILES string of the molecule is CC(CN)C(=O)N1CCCC1C(C)C. The molecular formula is C11H22N2O. The second-order valence-corrected chi connectivity index (χ2v) is 4.62. The van der Waals surface area contributed by atoms with Gasteiger partial charge < -0.3 is 10.6 Å². The first-order chi connectivity index (χ1) is 6.57. The Hall–Kier alpha value is -0.570. The molecule has 1 aliphatic heterocycles. The first-order valence-electron chi connectivity index (χ1n) is 5.58.